The van der Waals surface area contributed by atoms with Crippen LogP contribution in [0.5, 0.6) is 11.5 Å². The molecule has 0 bridgehead atoms. The number of hydrogen-bond donors (Lipinski definition) is 1. The van der Waals surface area contributed by atoms with Crippen LogP contribution >= 0.6 is 11.6 Å². The normalized spacial score (nSPS) is 12.2. The van der Waals surface area contributed by atoms with Crippen LogP contribution in [-0.4, -0.2) is 6.54 Å². The summed E-state index contributed by atoms with van der Waals surface area (Å²) in [6.45, 7) is 4.87. The Morgan fingerprint density at radius 2 is 1.76 bits per heavy atom. The largest absolute Gasteiger partial charge is 0.457 e. The quantitative estimate of drug-likeness (QED) is 0.831. The molecule has 21 heavy (non-hydrogen) atoms. The van der Waals surface area contributed by atoms with Crippen LogP contribution in [0.25, 0.3) is 0 Å². The van der Waals surface area contributed by atoms with Crippen LogP contribution in [0.3, 0.4) is 0 Å². The van der Waals surface area contributed by atoms with Gasteiger partial charge in [-0.25, -0.2) is 8.78 Å². The number of rotatable bonds is 5. The van der Waals surface area contributed by atoms with E-state index in [2.05, 4.69) is 5.32 Å². The first-order chi connectivity index (χ1) is 10.0. The van der Waals surface area contributed by atoms with Gasteiger partial charge in [-0.05, 0) is 43.3 Å². The summed E-state index contributed by atoms with van der Waals surface area (Å²) in [5, 5.41) is 3.83. The Morgan fingerprint density at radius 1 is 1.10 bits per heavy atom. The maximum Gasteiger partial charge on any atom is 0.162 e. The Balaban J connectivity index is 2.18. The van der Waals surface area contributed by atoms with Crippen molar-refractivity contribution in [3.8, 4) is 11.5 Å². The highest BCUT2D eigenvalue weighted by Gasteiger charge is 2.10. The van der Waals surface area contributed by atoms with E-state index in [1.165, 1.54) is 6.07 Å². The molecule has 1 N–H and O–H groups in total. The summed E-state index contributed by atoms with van der Waals surface area (Å²) in [6.07, 6.45) is 0. The van der Waals surface area contributed by atoms with E-state index in [1.807, 2.05) is 19.9 Å². The van der Waals surface area contributed by atoms with Crippen LogP contribution in [-0.2, 0) is 0 Å². The zero-order chi connectivity index (χ0) is 15.4. The molecule has 112 valence electrons. The predicted octanol–water partition coefficient (Wildman–Crippen LogP) is 5.08. The van der Waals surface area contributed by atoms with Crippen molar-refractivity contribution in [1.82, 2.24) is 5.32 Å². The van der Waals surface area contributed by atoms with E-state index in [1.54, 1.807) is 12.1 Å². The molecule has 1 unspecified atom stereocenters. The highest BCUT2D eigenvalue weighted by molar-refractivity contribution is 6.31. The highest BCUT2D eigenvalue weighted by Crippen LogP contribution is 2.30. The van der Waals surface area contributed by atoms with Crippen LogP contribution in [0.4, 0.5) is 8.78 Å². The van der Waals surface area contributed by atoms with Crippen LogP contribution in [0.1, 0.15) is 25.5 Å². The Morgan fingerprint density at radius 3 is 2.38 bits per heavy atom. The van der Waals surface area contributed by atoms with E-state index in [0.717, 1.165) is 24.2 Å². The molecule has 2 nitrogen and oxygen atoms in total. The number of hydrogen-bond acceptors (Lipinski definition) is 2. The Hall–Kier alpha value is -1.65. The minimum Gasteiger partial charge on any atom is -0.457 e. The number of ether oxygens (including phenoxy) is 1. The van der Waals surface area contributed by atoms with Crippen molar-refractivity contribution in [2.75, 3.05) is 6.54 Å². The molecule has 0 spiro atoms. The van der Waals surface area contributed by atoms with Gasteiger partial charge in [0, 0.05) is 17.1 Å². The Labute approximate surface area is 127 Å². The van der Waals surface area contributed by atoms with Crippen molar-refractivity contribution in [2.24, 2.45) is 0 Å². The lowest BCUT2D eigenvalue weighted by Crippen LogP contribution is -2.17. The van der Waals surface area contributed by atoms with Gasteiger partial charge in [-0.1, -0.05) is 24.6 Å². The standard InChI is InChI=1S/C16H16ClF2NO/c1-3-20-10(2)13-6-4-11(8-14(13)17)21-12-5-7-15(18)16(19)9-12/h4-10,20H,3H2,1-2H3. The second-order valence-electron chi connectivity index (χ2n) is 4.64. The molecule has 0 amide bonds. The first-order valence-electron chi connectivity index (χ1n) is 6.67. The molecular formula is C16H16ClF2NO. The van der Waals surface area contributed by atoms with Gasteiger partial charge in [0.1, 0.15) is 11.5 Å². The van der Waals surface area contributed by atoms with Crippen LogP contribution in [0, 0.1) is 11.6 Å². The summed E-state index contributed by atoms with van der Waals surface area (Å²) in [5.74, 6) is -1.16. The lowest BCUT2D eigenvalue weighted by atomic mass is 10.1. The highest BCUT2D eigenvalue weighted by atomic mass is 35.5. The topological polar surface area (TPSA) is 21.3 Å². The van der Waals surface area contributed by atoms with Crippen LogP contribution in [0.2, 0.25) is 5.02 Å². The van der Waals surface area contributed by atoms with Crippen LogP contribution < -0.4 is 10.1 Å². The summed E-state index contributed by atoms with van der Waals surface area (Å²) >= 11 is 6.23. The fraction of sp³-hybridized carbons (Fsp3) is 0.250. The van der Waals surface area contributed by atoms with Crippen molar-refractivity contribution in [2.45, 2.75) is 19.9 Å². The SMILES string of the molecule is CCNC(C)c1ccc(Oc2ccc(F)c(F)c2)cc1Cl. The van der Waals surface area contributed by atoms with Crippen molar-refractivity contribution < 1.29 is 13.5 Å². The molecule has 1 atom stereocenters. The van der Waals surface area contributed by atoms with Crippen molar-refractivity contribution >= 4 is 11.6 Å². The van der Waals surface area contributed by atoms with Crippen molar-refractivity contribution in [3.63, 3.8) is 0 Å². The fourth-order valence-corrected chi connectivity index (χ4v) is 2.35. The third-order valence-corrected chi connectivity index (χ3v) is 3.40. The van der Waals surface area contributed by atoms with Gasteiger partial charge in [0.2, 0.25) is 0 Å². The third kappa shape index (κ3) is 3.93. The molecule has 0 saturated carbocycles. The smallest absolute Gasteiger partial charge is 0.162 e. The summed E-state index contributed by atoms with van der Waals surface area (Å²) in [6, 6.07) is 8.76. The summed E-state index contributed by atoms with van der Waals surface area (Å²) < 4.78 is 31.5. The Bertz CT molecular complexity index is 634. The monoisotopic (exact) mass is 311 g/mol. The first-order valence-corrected chi connectivity index (χ1v) is 7.04. The van der Waals surface area contributed by atoms with Gasteiger partial charge in [-0.15, -0.1) is 0 Å². The molecule has 0 radical (unpaired) electrons. The minimum absolute atomic E-state index is 0.125. The number of halogens is 3. The van der Waals surface area contributed by atoms with E-state index < -0.39 is 11.6 Å². The van der Waals surface area contributed by atoms with Gasteiger partial charge in [-0.2, -0.15) is 0 Å². The fourth-order valence-electron chi connectivity index (χ4n) is 2.02. The predicted molar refractivity (Wildman–Crippen MR) is 80.0 cm³/mol. The van der Waals surface area contributed by atoms with Crippen molar-refractivity contribution in [3.05, 3.63) is 58.6 Å². The van der Waals surface area contributed by atoms with Gasteiger partial charge < -0.3 is 10.1 Å². The molecule has 2 aromatic rings. The van der Waals surface area contributed by atoms with E-state index in [9.17, 15) is 8.78 Å². The molecule has 5 heteroatoms. The van der Waals surface area contributed by atoms with Crippen LogP contribution in [0.15, 0.2) is 36.4 Å². The molecule has 0 aliphatic heterocycles. The van der Waals surface area contributed by atoms with E-state index in [-0.39, 0.29) is 11.8 Å². The van der Waals surface area contributed by atoms with Gasteiger partial charge in [-0.3, -0.25) is 0 Å². The maximum absolute atomic E-state index is 13.1. The molecule has 0 saturated heterocycles. The van der Waals surface area contributed by atoms with Gasteiger partial charge in [0.05, 0.1) is 0 Å². The average Bonchev–Trinajstić information content (AvgIpc) is 2.43. The zero-order valence-corrected chi connectivity index (χ0v) is 12.5. The van der Waals surface area contributed by atoms with Crippen molar-refractivity contribution in [1.29, 1.82) is 0 Å². The lowest BCUT2D eigenvalue weighted by Gasteiger charge is -2.15. The summed E-state index contributed by atoms with van der Waals surface area (Å²) in [4.78, 5) is 0. The molecule has 0 aromatic heterocycles. The van der Waals surface area contributed by atoms with Gasteiger partial charge >= 0.3 is 0 Å². The molecular weight excluding hydrogens is 296 g/mol. The second kappa shape index (κ2) is 6.87. The number of benzene rings is 2. The van der Waals surface area contributed by atoms with E-state index in [0.29, 0.717) is 10.8 Å². The average molecular weight is 312 g/mol. The lowest BCUT2D eigenvalue weighted by molar-refractivity contribution is 0.461. The summed E-state index contributed by atoms with van der Waals surface area (Å²) in [7, 11) is 0. The molecule has 2 rings (SSSR count). The molecule has 2 aromatic carbocycles. The van der Waals surface area contributed by atoms with E-state index in [4.69, 9.17) is 16.3 Å². The zero-order valence-electron chi connectivity index (χ0n) is 11.8. The first kappa shape index (κ1) is 15.7. The maximum atomic E-state index is 13.1. The van der Waals surface area contributed by atoms with E-state index >= 15 is 0 Å². The molecule has 0 aliphatic rings. The van der Waals surface area contributed by atoms with Gasteiger partial charge in [0.15, 0.2) is 11.6 Å². The summed E-state index contributed by atoms with van der Waals surface area (Å²) in [5.41, 5.74) is 0.955. The molecule has 0 heterocycles. The third-order valence-electron chi connectivity index (χ3n) is 3.08. The Kier molecular flexibility index (Phi) is 5.15. The second-order valence-corrected chi connectivity index (χ2v) is 5.05. The minimum atomic E-state index is -0.948. The number of nitrogens with one attached hydrogen (secondary N) is 1. The molecule has 0 fully saturated rings. The molecule has 0 aliphatic carbocycles. The van der Waals surface area contributed by atoms with Gasteiger partial charge in [0.25, 0.3) is 0 Å².